The SMILES string of the molecule is Cc1cc(C)nc(NCCCC(=O)Nc2ccc(Br)cc2)n1. The quantitative estimate of drug-likeness (QED) is 0.769. The van der Waals surface area contributed by atoms with Gasteiger partial charge >= 0.3 is 0 Å². The summed E-state index contributed by atoms with van der Waals surface area (Å²) in [5.41, 5.74) is 2.67. The van der Waals surface area contributed by atoms with E-state index in [1.54, 1.807) is 0 Å². The molecule has 0 fully saturated rings. The number of aryl methyl sites for hydroxylation is 2. The average Bonchev–Trinajstić information content (AvgIpc) is 2.45. The lowest BCUT2D eigenvalue weighted by molar-refractivity contribution is -0.116. The summed E-state index contributed by atoms with van der Waals surface area (Å²) in [6.07, 6.45) is 1.17. The molecule has 1 aromatic carbocycles. The van der Waals surface area contributed by atoms with Gasteiger partial charge in [0.15, 0.2) is 0 Å². The molecule has 2 rings (SSSR count). The van der Waals surface area contributed by atoms with E-state index in [-0.39, 0.29) is 5.91 Å². The van der Waals surface area contributed by atoms with Gasteiger partial charge in [-0.15, -0.1) is 0 Å². The van der Waals surface area contributed by atoms with Gasteiger partial charge in [0.2, 0.25) is 11.9 Å². The first kappa shape index (κ1) is 16.4. The van der Waals surface area contributed by atoms with E-state index in [0.29, 0.717) is 18.9 Å². The lowest BCUT2D eigenvalue weighted by atomic mass is 10.2. The van der Waals surface area contributed by atoms with E-state index in [1.165, 1.54) is 0 Å². The smallest absolute Gasteiger partial charge is 0.224 e. The van der Waals surface area contributed by atoms with Crippen LogP contribution >= 0.6 is 15.9 Å². The minimum atomic E-state index is 0.00506. The molecule has 116 valence electrons. The maximum Gasteiger partial charge on any atom is 0.224 e. The molecule has 1 aromatic heterocycles. The first-order chi connectivity index (χ1) is 10.5. The van der Waals surface area contributed by atoms with Crippen molar-refractivity contribution in [3.05, 3.63) is 46.2 Å². The number of nitrogens with zero attached hydrogens (tertiary/aromatic N) is 2. The molecule has 2 aromatic rings. The third-order valence-corrected chi connectivity index (χ3v) is 3.50. The van der Waals surface area contributed by atoms with Crippen molar-refractivity contribution in [3.8, 4) is 0 Å². The van der Waals surface area contributed by atoms with Gasteiger partial charge in [0.1, 0.15) is 0 Å². The number of amides is 1. The Morgan fingerprint density at radius 3 is 2.41 bits per heavy atom. The first-order valence-corrected chi connectivity index (χ1v) is 7.94. The van der Waals surface area contributed by atoms with Crippen LogP contribution in [0.25, 0.3) is 0 Å². The number of benzene rings is 1. The monoisotopic (exact) mass is 362 g/mol. The Balaban J connectivity index is 1.71. The minimum absolute atomic E-state index is 0.00506. The summed E-state index contributed by atoms with van der Waals surface area (Å²) < 4.78 is 0.989. The Labute approximate surface area is 138 Å². The molecule has 0 bridgehead atoms. The van der Waals surface area contributed by atoms with Crippen LogP contribution in [-0.2, 0) is 4.79 Å². The molecule has 0 aliphatic carbocycles. The van der Waals surface area contributed by atoms with Gasteiger partial charge in [-0.3, -0.25) is 4.79 Å². The number of hydrogen-bond acceptors (Lipinski definition) is 4. The average molecular weight is 363 g/mol. The third-order valence-electron chi connectivity index (χ3n) is 2.97. The van der Waals surface area contributed by atoms with Crippen LogP contribution in [0, 0.1) is 13.8 Å². The number of nitrogens with one attached hydrogen (secondary N) is 2. The molecule has 0 aliphatic heterocycles. The van der Waals surface area contributed by atoms with E-state index in [2.05, 4.69) is 36.5 Å². The summed E-state index contributed by atoms with van der Waals surface area (Å²) in [7, 11) is 0. The summed E-state index contributed by atoms with van der Waals surface area (Å²) in [6, 6.07) is 9.45. The van der Waals surface area contributed by atoms with Crippen molar-refractivity contribution in [2.24, 2.45) is 0 Å². The van der Waals surface area contributed by atoms with Crippen LogP contribution in [0.2, 0.25) is 0 Å². The fraction of sp³-hybridized carbons (Fsp3) is 0.312. The summed E-state index contributed by atoms with van der Waals surface area (Å²) >= 11 is 3.36. The summed E-state index contributed by atoms with van der Waals surface area (Å²) in [5.74, 6) is 0.622. The summed E-state index contributed by atoms with van der Waals surface area (Å²) in [6.45, 7) is 4.54. The Morgan fingerprint density at radius 1 is 1.14 bits per heavy atom. The van der Waals surface area contributed by atoms with Crippen molar-refractivity contribution in [3.63, 3.8) is 0 Å². The fourth-order valence-corrected chi connectivity index (χ4v) is 2.28. The third kappa shape index (κ3) is 5.44. The molecule has 0 spiro atoms. The van der Waals surface area contributed by atoms with Gasteiger partial charge in [0.05, 0.1) is 0 Å². The van der Waals surface area contributed by atoms with Gasteiger partial charge in [0, 0.05) is 34.5 Å². The zero-order chi connectivity index (χ0) is 15.9. The Bertz CT molecular complexity index is 623. The fourth-order valence-electron chi connectivity index (χ4n) is 2.01. The van der Waals surface area contributed by atoms with E-state index in [0.717, 1.165) is 28.0 Å². The highest BCUT2D eigenvalue weighted by atomic mass is 79.9. The molecular weight excluding hydrogens is 344 g/mol. The number of carbonyl (C=O) groups is 1. The molecule has 0 unspecified atom stereocenters. The standard InChI is InChI=1S/C16H19BrN4O/c1-11-10-12(2)20-16(19-11)18-9-3-4-15(22)21-14-7-5-13(17)6-8-14/h5-8,10H,3-4,9H2,1-2H3,(H,21,22)(H,18,19,20). The highest BCUT2D eigenvalue weighted by Gasteiger charge is 2.03. The Kier molecular flexibility index (Phi) is 5.89. The van der Waals surface area contributed by atoms with Crippen LogP contribution in [0.5, 0.6) is 0 Å². The molecule has 6 heteroatoms. The van der Waals surface area contributed by atoms with Crippen LogP contribution in [0.3, 0.4) is 0 Å². The zero-order valence-corrected chi connectivity index (χ0v) is 14.3. The number of carbonyl (C=O) groups excluding carboxylic acids is 1. The van der Waals surface area contributed by atoms with Gasteiger partial charge < -0.3 is 10.6 Å². The molecule has 0 radical (unpaired) electrons. The van der Waals surface area contributed by atoms with E-state index in [1.807, 2.05) is 44.2 Å². The lowest BCUT2D eigenvalue weighted by Crippen LogP contribution is -2.14. The van der Waals surface area contributed by atoms with Crippen molar-refractivity contribution in [1.29, 1.82) is 0 Å². The number of halogens is 1. The highest BCUT2D eigenvalue weighted by Crippen LogP contribution is 2.14. The molecule has 0 atom stereocenters. The maximum atomic E-state index is 11.8. The predicted molar refractivity (Wildman–Crippen MR) is 92.0 cm³/mol. The Hall–Kier alpha value is -1.95. The van der Waals surface area contributed by atoms with Gasteiger partial charge in [-0.1, -0.05) is 15.9 Å². The number of anilines is 2. The van der Waals surface area contributed by atoms with Crippen LogP contribution in [0.4, 0.5) is 11.6 Å². The van der Waals surface area contributed by atoms with E-state index >= 15 is 0 Å². The van der Waals surface area contributed by atoms with Gasteiger partial charge in [-0.2, -0.15) is 0 Å². The van der Waals surface area contributed by atoms with Crippen molar-refractivity contribution in [1.82, 2.24) is 9.97 Å². The second-order valence-corrected chi connectivity index (χ2v) is 5.98. The van der Waals surface area contributed by atoms with Crippen molar-refractivity contribution >= 4 is 33.5 Å². The molecule has 22 heavy (non-hydrogen) atoms. The minimum Gasteiger partial charge on any atom is -0.354 e. The first-order valence-electron chi connectivity index (χ1n) is 7.14. The lowest BCUT2D eigenvalue weighted by Gasteiger charge is -2.07. The van der Waals surface area contributed by atoms with E-state index < -0.39 is 0 Å². The van der Waals surface area contributed by atoms with Crippen LogP contribution in [-0.4, -0.2) is 22.4 Å². The second-order valence-electron chi connectivity index (χ2n) is 5.06. The Morgan fingerprint density at radius 2 is 1.77 bits per heavy atom. The van der Waals surface area contributed by atoms with Gasteiger partial charge in [-0.25, -0.2) is 9.97 Å². The summed E-state index contributed by atoms with van der Waals surface area (Å²) in [4.78, 5) is 20.4. The highest BCUT2D eigenvalue weighted by molar-refractivity contribution is 9.10. The van der Waals surface area contributed by atoms with Crippen LogP contribution < -0.4 is 10.6 Å². The molecule has 0 saturated carbocycles. The predicted octanol–water partition coefficient (Wildman–Crippen LogP) is 3.69. The largest absolute Gasteiger partial charge is 0.354 e. The van der Waals surface area contributed by atoms with Gasteiger partial charge in [0.25, 0.3) is 0 Å². The second kappa shape index (κ2) is 7.89. The molecule has 0 aliphatic rings. The summed E-state index contributed by atoms with van der Waals surface area (Å²) in [5, 5.41) is 6.01. The van der Waals surface area contributed by atoms with E-state index in [4.69, 9.17) is 0 Å². The molecule has 2 N–H and O–H groups in total. The zero-order valence-electron chi connectivity index (χ0n) is 12.7. The normalized spacial score (nSPS) is 10.3. The number of aromatic nitrogens is 2. The van der Waals surface area contributed by atoms with Gasteiger partial charge in [-0.05, 0) is 50.6 Å². The number of rotatable bonds is 6. The van der Waals surface area contributed by atoms with Crippen molar-refractivity contribution in [2.75, 3.05) is 17.2 Å². The molecule has 0 saturated heterocycles. The molecule has 1 amide bonds. The van der Waals surface area contributed by atoms with E-state index in [9.17, 15) is 4.79 Å². The maximum absolute atomic E-state index is 11.8. The van der Waals surface area contributed by atoms with Crippen LogP contribution in [0.1, 0.15) is 24.2 Å². The van der Waals surface area contributed by atoms with Crippen LogP contribution in [0.15, 0.2) is 34.8 Å². The molecule has 1 heterocycles. The van der Waals surface area contributed by atoms with Crippen molar-refractivity contribution < 1.29 is 4.79 Å². The molecular formula is C16H19BrN4O. The topological polar surface area (TPSA) is 66.9 Å². The molecule has 5 nitrogen and oxygen atoms in total. The number of hydrogen-bond donors (Lipinski definition) is 2. The van der Waals surface area contributed by atoms with Crippen molar-refractivity contribution in [2.45, 2.75) is 26.7 Å².